The Labute approximate surface area is 205 Å². The Bertz CT molecular complexity index is 526. The van der Waals surface area contributed by atoms with Crippen molar-refractivity contribution in [3.63, 3.8) is 0 Å². The SMILES string of the molecule is CCCCOC(=O)C(CC1SCCCS1)ON1C(CC)(CC)CC(OC)CC1(CC)CC. The highest BCUT2D eigenvalue weighted by Gasteiger charge is 2.54. The van der Waals surface area contributed by atoms with Gasteiger partial charge < -0.3 is 9.47 Å². The molecule has 0 aromatic heterocycles. The van der Waals surface area contributed by atoms with E-state index in [0.29, 0.717) is 17.6 Å². The van der Waals surface area contributed by atoms with Gasteiger partial charge in [-0.05, 0) is 62.9 Å². The summed E-state index contributed by atoms with van der Waals surface area (Å²) in [7, 11) is 1.83. The topological polar surface area (TPSA) is 48.0 Å². The van der Waals surface area contributed by atoms with Gasteiger partial charge in [-0.1, -0.05) is 41.0 Å². The van der Waals surface area contributed by atoms with E-state index < -0.39 is 6.10 Å². The maximum absolute atomic E-state index is 13.2. The van der Waals surface area contributed by atoms with Gasteiger partial charge in [-0.15, -0.1) is 23.5 Å². The van der Waals surface area contributed by atoms with E-state index in [1.807, 2.05) is 30.6 Å². The molecule has 2 aliphatic rings. The molecule has 1 unspecified atom stereocenters. The normalized spacial score (nSPS) is 23.2. The van der Waals surface area contributed by atoms with E-state index >= 15 is 0 Å². The summed E-state index contributed by atoms with van der Waals surface area (Å²) in [5.74, 6) is 2.13. The lowest BCUT2D eigenvalue weighted by Gasteiger charge is -2.58. The van der Waals surface area contributed by atoms with Crippen LogP contribution in [-0.4, -0.2) is 64.1 Å². The van der Waals surface area contributed by atoms with Crippen LogP contribution in [-0.2, 0) is 19.1 Å². The lowest BCUT2D eigenvalue weighted by Crippen LogP contribution is -2.67. The van der Waals surface area contributed by atoms with Crippen LogP contribution in [0.1, 0.15) is 98.8 Å². The van der Waals surface area contributed by atoms with Gasteiger partial charge in [0.05, 0.1) is 17.3 Å². The molecule has 0 spiro atoms. The minimum absolute atomic E-state index is 0.139. The van der Waals surface area contributed by atoms with Crippen molar-refractivity contribution in [1.29, 1.82) is 0 Å². The van der Waals surface area contributed by atoms with Crippen molar-refractivity contribution < 1.29 is 19.1 Å². The van der Waals surface area contributed by atoms with E-state index in [-0.39, 0.29) is 23.2 Å². The average Bonchev–Trinajstić information content (AvgIpc) is 2.84. The molecule has 0 aromatic rings. The highest BCUT2D eigenvalue weighted by atomic mass is 32.2. The largest absolute Gasteiger partial charge is 0.464 e. The van der Waals surface area contributed by atoms with Crippen LogP contribution in [0.2, 0.25) is 0 Å². The van der Waals surface area contributed by atoms with Gasteiger partial charge in [0.2, 0.25) is 0 Å². The third kappa shape index (κ3) is 6.80. The highest BCUT2D eigenvalue weighted by Crippen LogP contribution is 2.48. The van der Waals surface area contributed by atoms with Gasteiger partial charge >= 0.3 is 5.97 Å². The predicted molar refractivity (Wildman–Crippen MR) is 137 cm³/mol. The molecule has 0 bridgehead atoms. The van der Waals surface area contributed by atoms with Gasteiger partial charge in [-0.2, -0.15) is 5.06 Å². The van der Waals surface area contributed by atoms with Crippen molar-refractivity contribution >= 4 is 29.5 Å². The molecule has 0 saturated carbocycles. The van der Waals surface area contributed by atoms with Crippen molar-refractivity contribution in [1.82, 2.24) is 5.06 Å². The molecule has 5 nitrogen and oxygen atoms in total. The van der Waals surface area contributed by atoms with Gasteiger partial charge in [-0.3, -0.25) is 4.84 Å². The Morgan fingerprint density at radius 3 is 2.03 bits per heavy atom. The van der Waals surface area contributed by atoms with Crippen molar-refractivity contribution in [3.05, 3.63) is 0 Å². The van der Waals surface area contributed by atoms with E-state index in [1.165, 1.54) is 6.42 Å². The van der Waals surface area contributed by atoms with Crippen molar-refractivity contribution in [2.45, 2.75) is 127 Å². The Kier molecular flexibility index (Phi) is 12.2. The highest BCUT2D eigenvalue weighted by molar-refractivity contribution is 8.17. The molecule has 0 aliphatic carbocycles. The molecule has 0 radical (unpaired) electrons. The van der Waals surface area contributed by atoms with E-state index in [4.69, 9.17) is 14.3 Å². The predicted octanol–water partition coefficient (Wildman–Crippen LogP) is 6.44. The molecule has 1 atom stereocenters. The summed E-state index contributed by atoms with van der Waals surface area (Å²) in [5, 5.41) is 2.28. The van der Waals surface area contributed by atoms with Gasteiger partial charge in [0.1, 0.15) is 0 Å². The number of ether oxygens (including phenoxy) is 2. The zero-order chi connectivity index (χ0) is 23.6. The van der Waals surface area contributed by atoms with Crippen molar-refractivity contribution in [2.24, 2.45) is 0 Å². The molecule has 2 heterocycles. The summed E-state index contributed by atoms with van der Waals surface area (Å²) in [4.78, 5) is 20.1. The van der Waals surface area contributed by atoms with Crippen LogP contribution < -0.4 is 0 Å². The van der Waals surface area contributed by atoms with Crippen LogP contribution >= 0.6 is 23.5 Å². The number of carbonyl (C=O) groups excluding carboxylic acids is 1. The number of methoxy groups -OCH3 is 1. The quantitative estimate of drug-likeness (QED) is 0.218. The van der Waals surface area contributed by atoms with E-state index in [1.54, 1.807) is 0 Å². The van der Waals surface area contributed by atoms with Crippen LogP contribution in [0, 0.1) is 0 Å². The van der Waals surface area contributed by atoms with Crippen LogP contribution in [0.4, 0.5) is 0 Å². The lowest BCUT2D eigenvalue weighted by atomic mass is 9.72. The zero-order valence-electron chi connectivity index (χ0n) is 21.3. The molecule has 2 fully saturated rings. The average molecular weight is 490 g/mol. The van der Waals surface area contributed by atoms with Crippen molar-refractivity contribution in [3.8, 4) is 0 Å². The van der Waals surface area contributed by atoms with Gasteiger partial charge in [0.15, 0.2) is 6.10 Å². The summed E-state index contributed by atoms with van der Waals surface area (Å²) in [6.07, 6.45) is 9.26. The van der Waals surface area contributed by atoms with E-state index in [2.05, 4.69) is 39.7 Å². The molecule has 0 N–H and O–H groups in total. The number of hydrogen-bond acceptors (Lipinski definition) is 7. The molecule has 2 aliphatic heterocycles. The maximum Gasteiger partial charge on any atom is 0.337 e. The first-order valence-electron chi connectivity index (χ1n) is 12.8. The monoisotopic (exact) mass is 489 g/mol. The van der Waals surface area contributed by atoms with Crippen LogP contribution in [0.5, 0.6) is 0 Å². The number of unbranched alkanes of at least 4 members (excludes halogenated alkanes) is 1. The maximum atomic E-state index is 13.2. The smallest absolute Gasteiger partial charge is 0.337 e. The van der Waals surface area contributed by atoms with E-state index in [0.717, 1.165) is 62.9 Å². The fourth-order valence-electron chi connectivity index (χ4n) is 5.20. The summed E-state index contributed by atoms with van der Waals surface area (Å²) < 4.78 is 12.0. The number of piperidine rings is 1. The molecular formula is C25H47NO4S2. The molecule has 2 saturated heterocycles. The third-order valence-electron chi connectivity index (χ3n) is 7.58. The molecular weight excluding hydrogens is 442 g/mol. The first kappa shape index (κ1) is 28.3. The van der Waals surface area contributed by atoms with Gasteiger partial charge in [-0.25, -0.2) is 4.79 Å². The Morgan fingerprint density at radius 2 is 1.56 bits per heavy atom. The van der Waals surface area contributed by atoms with E-state index in [9.17, 15) is 4.79 Å². The second-order valence-corrected chi connectivity index (χ2v) is 12.2. The first-order chi connectivity index (χ1) is 15.4. The number of rotatable bonds is 13. The second-order valence-electron chi connectivity index (χ2n) is 9.30. The number of thioether (sulfide) groups is 2. The number of nitrogens with zero attached hydrogens (tertiary/aromatic N) is 1. The summed E-state index contributed by atoms with van der Waals surface area (Å²) in [6, 6.07) is 0. The molecule has 2 rings (SSSR count). The van der Waals surface area contributed by atoms with Crippen LogP contribution in [0.15, 0.2) is 0 Å². The van der Waals surface area contributed by atoms with Crippen LogP contribution in [0.25, 0.3) is 0 Å². The minimum Gasteiger partial charge on any atom is -0.464 e. The minimum atomic E-state index is -0.552. The van der Waals surface area contributed by atoms with Crippen molar-refractivity contribution in [2.75, 3.05) is 25.2 Å². The first-order valence-corrected chi connectivity index (χ1v) is 14.9. The Hall–Kier alpha value is 0.0500. The Balaban J connectivity index is 2.34. The summed E-state index contributed by atoms with van der Waals surface area (Å²) in [5.41, 5.74) is -0.278. The van der Waals surface area contributed by atoms with Crippen LogP contribution in [0.3, 0.4) is 0 Å². The summed E-state index contributed by atoms with van der Waals surface area (Å²) in [6.45, 7) is 11.6. The standard InChI is InChI=1S/C25H47NO4S2/c1-7-12-14-29-23(27)21(17-22-31-15-13-16-32-22)30-26-24(8-2,9-3)18-20(28-6)19-25(26,10-4)11-5/h20-22H,7-19H2,1-6H3. The van der Waals surface area contributed by atoms with Gasteiger partial charge in [0, 0.05) is 24.6 Å². The molecule has 32 heavy (non-hydrogen) atoms. The molecule has 7 heteroatoms. The fraction of sp³-hybridized carbons (Fsp3) is 0.960. The molecule has 188 valence electrons. The number of carbonyl (C=O) groups is 1. The molecule has 0 amide bonds. The number of esters is 1. The molecule has 0 aromatic carbocycles. The second kappa shape index (κ2) is 13.8. The number of hydrogen-bond donors (Lipinski definition) is 0. The Morgan fingerprint density at radius 1 is 1.00 bits per heavy atom. The zero-order valence-corrected chi connectivity index (χ0v) is 23.0. The lowest BCUT2D eigenvalue weighted by molar-refractivity contribution is -0.331. The number of hydroxylamine groups is 2. The third-order valence-corrected chi connectivity index (χ3v) is 10.6. The fourth-order valence-corrected chi connectivity index (χ4v) is 8.11. The van der Waals surface area contributed by atoms with Gasteiger partial charge in [0.25, 0.3) is 0 Å². The summed E-state index contributed by atoms with van der Waals surface area (Å²) >= 11 is 3.93.